The van der Waals surface area contributed by atoms with Gasteiger partial charge in [-0.25, -0.2) is 0 Å². The van der Waals surface area contributed by atoms with E-state index in [1.54, 1.807) is 0 Å². The number of unbranched alkanes of at least 4 members (excludes halogenated alkanes) is 39. The lowest BCUT2D eigenvalue weighted by Crippen LogP contribution is -2.30. The minimum absolute atomic E-state index is 0.0726. The molecule has 0 aliphatic heterocycles. The highest BCUT2D eigenvalue weighted by molar-refractivity contribution is 5.71. The van der Waals surface area contributed by atoms with Crippen molar-refractivity contribution in [2.45, 2.75) is 341 Å². The van der Waals surface area contributed by atoms with Crippen LogP contribution in [0.1, 0.15) is 335 Å². The smallest absolute Gasteiger partial charge is 0.306 e. The predicted molar refractivity (Wildman–Crippen MR) is 312 cm³/mol. The molecule has 0 aromatic rings. The number of esters is 3. The van der Waals surface area contributed by atoms with Crippen LogP contribution in [0.2, 0.25) is 0 Å². The molecule has 0 aromatic carbocycles. The lowest BCUT2D eigenvalue weighted by atomic mass is 10.0. The highest BCUT2D eigenvalue weighted by Gasteiger charge is 2.19. The number of rotatable bonds is 58. The highest BCUT2D eigenvalue weighted by Crippen LogP contribution is 2.18. The third kappa shape index (κ3) is 58.3. The maximum absolute atomic E-state index is 12.9. The number of allylic oxidation sites excluding steroid dienone is 8. The molecule has 0 radical (unpaired) electrons. The van der Waals surface area contributed by atoms with Crippen molar-refractivity contribution in [2.24, 2.45) is 0 Å². The Hall–Kier alpha value is -2.63. The second-order valence-electron chi connectivity index (χ2n) is 21.3. The van der Waals surface area contributed by atoms with Crippen molar-refractivity contribution in [2.75, 3.05) is 13.2 Å². The molecular formula is C66H120O6. The fourth-order valence-electron chi connectivity index (χ4n) is 9.38. The molecule has 0 aromatic heterocycles. The molecule has 0 rings (SSSR count). The van der Waals surface area contributed by atoms with Crippen LogP contribution < -0.4 is 0 Å². The van der Waals surface area contributed by atoms with Crippen LogP contribution in [-0.2, 0) is 28.6 Å². The van der Waals surface area contributed by atoms with Crippen LogP contribution in [0.15, 0.2) is 48.6 Å². The minimum Gasteiger partial charge on any atom is -0.462 e. The summed E-state index contributed by atoms with van der Waals surface area (Å²) in [7, 11) is 0. The van der Waals surface area contributed by atoms with E-state index in [1.807, 2.05) is 0 Å². The van der Waals surface area contributed by atoms with Crippen LogP contribution in [0.5, 0.6) is 0 Å². The maximum Gasteiger partial charge on any atom is 0.306 e. The zero-order valence-corrected chi connectivity index (χ0v) is 48.2. The molecule has 1 atom stereocenters. The lowest BCUT2D eigenvalue weighted by molar-refractivity contribution is -0.167. The Balaban J connectivity index is 4.35. The lowest BCUT2D eigenvalue weighted by Gasteiger charge is -2.18. The zero-order chi connectivity index (χ0) is 52.2. The monoisotopic (exact) mass is 1010 g/mol. The molecule has 0 bridgehead atoms. The van der Waals surface area contributed by atoms with Gasteiger partial charge in [0.1, 0.15) is 13.2 Å². The Labute approximate surface area is 448 Å². The van der Waals surface area contributed by atoms with E-state index in [0.29, 0.717) is 19.3 Å². The Morgan fingerprint density at radius 1 is 0.292 bits per heavy atom. The van der Waals surface area contributed by atoms with Gasteiger partial charge in [-0.1, -0.05) is 307 Å². The van der Waals surface area contributed by atoms with Gasteiger partial charge < -0.3 is 14.2 Å². The Kier molecular flexibility index (Phi) is 58.7. The number of hydrogen-bond donors (Lipinski definition) is 0. The Bertz CT molecular complexity index is 1250. The minimum atomic E-state index is -0.776. The second kappa shape index (κ2) is 60.9. The molecule has 0 aliphatic carbocycles. The van der Waals surface area contributed by atoms with Gasteiger partial charge in [0, 0.05) is 19.3 Å². The fraction of sp³-hybridized carbons (Fsp3) is 0.833. The molecule has 0 aliphatic rings. The molecule has 72 heavy (non-hydrogen) atoms. The van der Waals surface area contributed by atoms with E-state index < -0.39 is 6.10 Å². The molecule has 1 unspecified atom stereocenters. The van der Waals surface area contributed by atoms with Crippen molar-refractivity contribution >= 4 is 17.9 Å². The molecule has 6 heteroatoms. The third-order valence-electron chi connectivity index (χ3n) is 14.1. The standard InChI is InChI=1S/C66H120O6/c1-4-7-10-13-16-19-22-25-28-31-33-36-38-41-44-47-50-53-56-59-65(68)71-62-63(61-70-64(67)58-55-52-49-46-43-40-37-34-30-27-24-21-18-15-12-9-6-3)72-66(69)60-57-54-51-48-45-42-39-35-32-29-26-23-20-17-14-11-8-5-2/h7,10,16,19,25,28,33,36,63H,4-6,8-9,11-15,17-18,20-24,26-27,29-32,34-35,37-62H2,1-3H3/b10-7-,19-16-,28-25-,36-33-. The summed E-state index contributed by atoms with van der Waals surface area (Å²) in [6, 6.07) is 0. The summed E-state index contributed by atoms with van der Waals surface area (Å²) in [5.41, 5.74) is 0. The predicted octanol–water partition coefficient (Wildman–Crippen LogP) is 21.4. The van der Waals surface area contributed by atoms with Crippen molar-refractivity contribution in [3.63, 3.8) is 0 Å². The maximum atomic E-state index is 12.9. The number of carbonyl (C=O) groups is 3. The molecule has 0 spiro atoms. The molecule has 6 nitrogen and oxygen atoms in total. The molecule has 0 N–H and O–H groups in total. The van der Waals surface area contributed by atoms with Crippen LogP contribution in [0.4, 0.5) is 0 Å². The van der Waals surface area contributed by atoms with Crippen LogP contribution in [0.25, 0.3) is 0 Å². The van der Waals surface area contributed by atoms with Gasteiger partial charge in [-0.15, -0.1) is 0 Å². The van der Waals surface area contributed by atoms with Crippen molar-refractivity contribution in [3.8, 4) is 0 Å². The highest BCUT2D eigenvalue weighted by atomic mass is 16.6. The van der Waals surface area contributed by atoms with Crippen LogP contribution in [0.3, 0.4) is 0 Å². The first kappa shape index (κ1) is 69.4. The van der Waals surface area contributed by atoms with Gasteiger partial charge in [-0.3, -0.25) is 14.4 Å². The van der Waals surface area contributed by atoms with E-state index in [1.165, 1.54) is 205 Å². The quantitative estimate of drug-likeness (QED) is 0.0261. The van der Waals surface area contributed by atoms with Gasteiger partial charge in [0.05, 0.1) is 0 Å². The number of hydrogen-bond acceptors (Lipinski definition) is 6. The van der Waals surface area contributed by atoms with E-state index in [9.17, 15) is 14.4 Å². The summed E-state index contributed by atoms with van der Waals surface area (Å²) in [6.07, 6.45) is 75.4. The van der Waals surface area contributed by atoms with Gasteiger partial charge >= 0.3 is 17.9 Å². The SMILES string of the molecule is CC/C=C\C/C=C\C/C=C\C/C=C\CCCCCCCCC(=O)OCC(COC(=O)CCCCCCCCCCCCCCCCCCC)OC(=O)CCCCCCCCCCCCCCCCCCCC. The molecule has 0 amide bonds. The van der Waals surface area contributed by atoms with Crippen molar-refractivity contribution in [1.82, 2.24) is 0 Å². The van der Waals surface area contributed by atoms with E-state index in [4.69, 9.17) is 14.2 Å². The van der Waals surface area contributed by atoms with E-state index >= 15 is 0 Å². The zero-order valence-electron chi connectivity index (χ0n) is 48.2. The summed E-state index contributed by atoms with van der Waals surface area (Å²) >= 11 is 0. The second-order valence-corrected chi connectivity index (χ2v) is 21.3. The third-order valence-corrected chi connectivity index (χ3v) is 14.1. The molecule has 0 saturated carbocycles. The topological polar surface area (TPSA) is 78.9 Å². The molecule has 420 valence electrons. The number of carbonyl (C=O) groups excluding carboxylic acids is 3. The van der Waals surface area contributed by atoms with Crippen molar-refractivity contribution < 1.29 is 28.6 Å². The molecular weight excluding hydrogens is 889 g/mol. The van der Waals surface area contributed by atoms with Crippen molar-refractivity contribution in [1.29, 1.82) is 0 Å². The average molecular weight is 1010 g/mol. The summed E-state index contributed by atoms with van der Waals surface area (Å²) in [5.74, 6) is -0.863. The molecule has 0 saturated heterocycles. The van der Waals surface area contributed by atoms with Crippen LogP contribution >= 0.6 is 0 Å². The van der Waals surface area contributed by atoms with E-state index in [0.717, 1.165) is 89.9 Å². The van der Waals surface area contributed by atoms with Gasteiger partial charge in [0.2, 0.25) is 0 Å². The van der Waals surface area contributed by atoms with Gasteiger partial charge in [-0.05, 0) is 57.8 Å². The first-order valence-electron chi connectivity index (χ1n) is 31.6. The summed E-state index contributed by atoms with van der Waals surface area (Å²) < 4.78 is 16.9. The van der Waals surface area contributed by atoms with Crippen LogP contribution in [-0.4, -0.2) is 37.2 Å². The largest absolute Gasteiger partial charge is 0.462 e. The summed E-state index contributed by atoms with van der Waals surface area (Å²) in [6.45, 7) is 6.58. The molecule has 0 fully saturated rings. The first-order chi connectivity index (χ1) is 35.5. The first-order valence-corrected chi connectivity index (χ1v) is 31.6. The average Bonchev–Trinajstić information content (AvgIpc) is 3.38. The van der Waals surface area contributed by atoms with E-state index in [-0.39, 0.29) is 31.1 Å². The number of ether oxygens (including phenoxy) is 3. The Morgan fingerprint density at radius 2 is 0.542 bits per heavy atom. The normalized spacial score (nSPS) is 12.3. The van der Waals surface area contributed by atoms with Crippen LogP contribution in [0, 0.1) is 0 Å². The van der Waals surface area contributed by atoms with Gasteiger partial charge in [0.15, 0.2) is 6.10 Å². The fourth-order valence-corrected chi connectivity index (χ4v) is 9.38. The van der Waals surface area contributed by atoms with Crippen molar-refractivity contribution in [3.05, 3.63) is 48.6 Å². The van der Waals surface area contributed by atoms with Gasteiger partial charge in [-0.2, -0.15) is 0 Å². The summed E-state index contributed by atoms with van der Waals surface area (Å²) in [5, 5.41) is 0. The molecule has 0 heterocycles. The van der Waals surface area contributed by atoms with Gasteiger partial charge in [0.25, 0.3) is 0 Å². The Morgan fingerprint density at radius 3 is 0.847 bits per heavy atom. The summed E-state index contributed by atoms with van der Waals surface area (Å²) in [4.78, 5) is 38.3. The van der Waals surface area contributed by atoms with E-state index in [2.05, 4.69) is 69.4 Å².